The number of nitrogens with zero attached hydrogens (tertiary/aromatic N) is 2. The minimum Gasteiger partial charge on any atom is -0.477 e. The number of aromatic nitrogens is 2. The molecule has 2 heterocycles. The van der Waals surface area contributed by atoms with Crippen molar-refractivity contribution in [3.8, 4) is 0 Å². The molecule has 1 aromatic carbocycles. The SMILES string of the molecule is O=C(O)c1cc2c(Cl)c(Br)cnc2n1S(=O)(=O)c1ccccc1. The van der Waals surface area contributed by atoms with Crippen LogP contribution < -0.4 is 0 Å². The molecule has 0 fully saturated rings. The number of pyridine rings is 1. The van der Waals surface area contributed by atoms with Gasteiger partial charge in [0.05, 0.1) is 14.4 Å². The van der Waals surface area contributed by atoms with Crippen LogP contribution in [0, 0.1) is 0 Å². The third kappa shape index (κ3) is 2.52. The molecular weight excluding hydrogens is 408 g/mol. The Hall–Kier alpha value is -1.90. The Labute approximate surface area is 144 Å². The lowest BCUT2D eigenvalue weighted by Crippen LogP contribution is -2.18. The first-order valence-electron chi connectivity index (χ1n) is 6.23. The molecule has 6 nitrogen and oxygen atoms in total. The lowest BCUT2D eigenvalue weighted by Gasteiger charge is -2.09. The summed E-state index contributed by atoms with van der Waals surface area (Å²) >= 11 is 9.31. The third-order valence-electron chi connectivity index (χ3n) is 3.18. The van der Waals surface area contributed by atoms with Crippen LogP contribution in [-0.4, -0.2) is 28.5 Å². The molecule has 0 spiro atoms. The van der Waals surface area contributed by atoms with Crippen molar-refractivity contribution in [2.24, 2.45) is 0 Å². The van der Waals surface area contributed by atoms with Crippen LogP contribution in [-0.2, 0) is 10.0 Å². The molecule has 0 saturated carbocycles. The summed E-state index contributed by atoms with van der Waals surface area (Å²) in [6.07, 6.45) is 1.33. The van der Waals surface area contributed by atoms with Gasteiger partial charge in [0, 0.05) is 11.6 Å². The Morgan fingerprint density at radius 2 is 1.91 bits per heavy atom. The summed E-state index contributed by atoms with van der Waals surface area (Å²) < 4.78 is 26.8. The summed E-state index contributed by atoms with van der Waals surface area (Å²) in [4.78, 5) is 15.5. The zero-order valence-electron chi connectivity index (χ0n) is 11.3. The van der Waals surface area contributed by atoms with Crippen molar-refractivity contribution in [1.29, 1.82) is 0 Å². The van der Waals surface area contributed by atoms with Gasteiger partial charge in [-0.1, -0.05) is 29.8 Å². The minimum atomic E-state index is -4.13. The van der Waals surface area contributed by atoms with Gasteiger partial charge in [-0.25, -0.2) is 22.2 Å². The van der Waals surface area contributed by atoms with Crippen LogP contribution in [0.25, 0.3) is 11.0 Å². The van der Waals surface area contributed by atoms with Crippen molar-refractivity contribution < 1.29 is 18.3 Å². The molecule has 2 aromatic heterocycles. The summed E-state index contributed by atoms with van der Waals surface area (Å²) in [7, 11) is -4.13. The first kappa shape index (κ1) is 16.0. The molecule has 0 saturated heterocycles. The highest BCUT2D eigenvalue weighted by Gasteiger charge is 2.28. The van der Waals surface area contributed by atoms with Gasteiger partial charge in [0.15, 0.2) is 5.65 Å². The van der Waals surface area contributed by atoms with E-state index in [4.69, 9.17) is 11.6 Å². The number of hydrogen-bond acceptors (Lipinski definition) is 4. The zero-order chi connectivity index (χ0) is 16.8. The quantitative estimate of drug-likeness (QED) is 0.708. The van der Waals surface area contributed by atoms with Gasteiger partial charge in [0.1, 0.15) is 5.69 Å². The largest absolute Gasteiger partial charge is 0.477 e. The second-order valence-electron chi connectivity index (χ2n) is 4.57. The topological polar surface area (TPSA) is 89.3 Å². The Bertz CT molecular complexity index is 1030. The van der Waals surface area contributed by atoms with E-state index in [-0.39, 0.29) is 21.0 Å². The van der Waals surface area contributed by atoms with Gasteiger partial charge < -0.3 is 5.11 Å². The highest BCUT2D eigenvalue weighted by Crippen LogP contribution is 2.33. The van der Waals surface area contributed by atoms with Crippen LogP contribution >= 0.6 is 27.5 Å². The third-order valence-corrected chi connectivity index (χ3v) is 6.13. The van der Waals surface area contributed by atoms with Crippen LogP contribution in [0.15, 0.2) is 52.0 Å². The number of aromatic carboxylic acids is 1. The molecule has 118 valence electrons. The molecule has 3 aromatic rings. The van der Waals surface area contributed by atoms with E-state index in [2.05, 4.69) is 20.9 Å². The van der Waals surface area contributed by atoms with Crippen molar-refractivity contribution in [3.05, 3.63) is 57.8 Å². The number of hydrogen-bond donors (Lipinski definition) is 1. The molecule has 0 atom stereocenters. The summed E-state index contributed by atoms with van der Waals surface area (Å²) in [6, 6.07) is 8.72. The standard InChI is InChI=1S/C14H8BrClN2O4S/c15-10-7-17-13-9(12(10)16)6-11(14(19)20)18(13)23(21,22)8-4-2-1-3-5-8/h1-7H,(H,19,20). The fraction of sp³-hybridized carbons (Fsp3) is 0. The Kier molecular flexibility index (Phi) is 3.91. The second kappa shape index (κ2) is 5.63. The maximum absolute atomic E-state index is 12.8. The summed E-state index contributed by atoms with van der Waals surface area (Å²) in [5, 5.41) is 9.80. The predicted molar refractivity (Wildman–Crippen MR) is 88.4 cm³/mol. The van der Waals surface area contributed by atoms with Crippen LogP contribution in [0.2, 0.25) is 5.02 Å². The van der Waals surface area contributed by atoms with Crippen LogP contribution in [0.5, 0.6) is 0 Å². The monoisotopic (exact) mass is 414 g/mol. The average molecular weight is 416 g/mol. The summed E-state index contributed by atoms with van der Waals surface area (Å²) in [5.74, 6) is -1.39. The predicted octanol–water partition coefficient (Wildman–Crippen LogP) is 3.39. The molecule has 0 aliphatic carbocycles. The first-order chi connectivity index (χ1) is 10.8. The second-order valence-corrected chi connectivity index (χ2v) is 7.59. The van der Waals surface area contributed by atoms with Crippen molar-refractivity contribution in [1.82, 2.24) is 8.96 Å². The molecule has 3 rings (SSSR count). The number of carboxylic acids is 1. The molecule has 0 bridgehead atoms. The normalized spacial score (nSPS) is 11.7. The van der Waals surface area contributed by atoms with Gasteiger partial charge in [-0.2, -0.15) is 0 Å². The van der Waals surface area contributed by atoms with Crippen molar-refractivity contribution >= 4 is 54.6 Å². The summed E-state index contributed by atoms with van der Waals surface area (Å²) in [5.41, 5.74) is -0.476. The molecule has 0 aliphatic heterocycles. The molecule has 1 N–H and O–H groups in total. The minimum absolute atomic E-state index is 0.0409. The van der Waals surface area contributed by atoms with E-state index >= 15 is 0 Å². The highest BCUT2D eigenvalue weighted by atomic mass is 79.9. The Morgan fingerprint density at radius 1 is 1.26 bits per heavy atom. The lowest BCUT2D eigenvalue weighted by molar-refractivity contribution is 0.0689. The van der Waals surface area contributed by atoms with E-state index in [9.17, 15) is 18.3 Å². The number of halogens is 2. The molecule has 0 aliphatic rings. The van der Waals surface area contributed by atoms with E-state index < -0.39 is 21.7 Å². The van der Waals surface area contributed by atoms with Crippen LogP contribution in [0.3, 0.4) is 0 Å². The van der Waals surface area contributed by atoms with Crippen molar-refractivity contribution in [3.63, 3.8) is 0 Å². The highest BCUT2D eigenvalue weighted by molar-refractivity contribution is 9.10. The fourth-order valence-electron chi connectivity index (χ4n) is 2.16. The van der Waals surface area contributed by atoms with Gasteiger partial charge in [0.25, 0.3) is 10.0 Å². The smallest absolute Gasteiger partial charge is 0.353 e. The molecule has 23 heavy (non-hydrogen) atoms. The Balaban J connectivity index is 2.43. The number of carboxylic acid groups (broad SMARTS) is 1. The van der Waals surface area contributed by atoms with Crippen LogP contribution in [0.1, 0.15) is 10.5 Å². The molecule has 0 unspecified atom stereocenters. The average Bonchev–Trinajstić information content (AvgIpc) is 2.93. The van der Waals surface area contributed by atoms with Crippen molar-refractivity contribution in [2.45, 2.75) is 4.90 Å². The maximum Gasteiger partial charge on any atom is 0.353 e. The maximum atomic E-state index is 12.8. The summed E-state index contributed by atoms with van der Waals surface area (Å²) in [6.45, 7) is 0. The number of rotatable bonds is 3. The van der Waals surface area contributed by atoms with Crippen LogP contribution in [0.4, 0.5) is 0 Å². The van der Waals surface area contributed by atoms with Gasteiger partial charge in [-0.15, -0.1) is 0 Å². The van der Waals surface area contributed by atoms with Gasteiger partial charge in [0.2, 0.25) is 0 Å². The Morgan fingerprint density at radius 3 is 2.52 bits per heavy atom. The van der Waals surface area contributed by atoms with E-state index in [0.717, 1.165) is 0 Å². The molecule has 0 radical (unpaired) electrons. The molecule has 0 amide bonds. The van der Waals surface area contributed by atoms with E-state index in [1.54, 1.807) is 18.2 Å². The number of carbonyl (C=O) groups is 1. The number of benzene rings is 1. The fourth-order valence-corrected chi connectivity index (χ4v) is 4.14. The van der Waals surface area contributed by atoms with Gasteiger partial charge in [-0.3, -0.25) is 0 Å². The van der Waals surface area contributed by atoms with Crippen molar-refractivity contribution in [2.75, 3.05) is 0 Å². The van der Waals surface area contributed by atoms with E-state index in [1.807, 2.05) is 0 Å². The van der Waals surface area contributed by atoms with E-state index in [0.29, 0.717) is 8.45 Å². The molecular formula is C14H8BrClN2O4S. The lowest BCUT2D eigenvalue weighted by atomic mass is 10.3. The number of fused-ring (bicyclic) bond motifs is 1. The van der Waals surface area contributed by atoms with Gasteiger partial charge in [-0.05, 0) is 34.1 Å². The molecule has 9 heteroatoms. The van der Waals surface area contributed by atoms with Gasteiger partial charge >= 0.3 is 5.97 Å². The zero-order valence-corrected chi connectivity index (χ0v) is 14.4. The van der Waals surface area contributed by atoms with E-state index in [1.165, 1.54) is 24.4 Å². The first-order valence-corrected chi connectivity index (χ1v) is 8.84.